The number of piperidine rings is 1. The largest absolute Gasteiger partial charge is 0.368 e. The van der Waals surface area contributed by atoms with Crippen LogP contribution in [0.3, 0.4) is 0 Å². The molecule has 0 aliphatic carbocycles. The molecule has 0 aromatic heterocycles. The van der Waals surface area contributed by atoms with E-state index in [2.05, 4.69) is 15.5 Å². The normalized spacial score (nSPS) is 22.5. The van der Waals surface area contributed by atoms with Crippen molar-refractivity contribution in [1.29, 1.82) is 0 Å². The Morgan fingerprint density at radius 2 is 2.19 bits per heavy atom. The van der Waals surface area contributed by atoms with Crippen molar-refractivity contribution < 1.29 is 9.59 Å². The first-order valence-corrected chi connectivity index (χ1v) is 10.1. The van der Waals surface area contributed by atoms with Crippen molar-refractivity contribution in [2.24, 2.45) is 0 Å². The van der Waals surface area contributed by atoms with Gasteiger partial charge in [-0.3, -0.25) is 9.59 Å². The SMILES string of the molecule is CNCCN[C@@H]1CCCN(c2c(Cl)cccc2/C=C2\SC(=O)CC2=O)C1. The molecule has 2 aliphatic rings. The number of likely N-dealkylation sites (N-methyl/N-ethyl adjacent to an activating group) is 1. The molecule has 5 nitrogen and oxygen atoms in total. The number of halogens is 1. The summed E-state index contributed by atoms with van der Waals surface area (Å²) >= 11 is 7.56. The average molecular weight is 394 g/mol. The van der Waals surface area contributed by atoms with E-state index in [0.29, 0.717) is 16.0 Å². The van der Waals surface area contributed by atoms with Crippen molar-refractivity contribution in [2.45, 2.75) is 25.3 Å². The lowest BCUT2D eigenvalue weighted by molar-refractivity contribution is -0.119. The molecule has 2 aliphatic heterocycles. The van der Waals surface area contributed by atoms with Crippen LogP contribution in [0.15, 0.2) is 23.1 Å². The molecule has 0 spiro atoms. The summed E-state index contributed by atoms with van der Waals surface area (Å²) in [6.45, 7) is 3.68. The fraction of sp³-hybridized carbons (Fsp3) is 0.474. The van der Waals surface area contributed by atoms with E-state index in [4.69, 9.17) is 11.6 Å². The number of ketones is 1. The number of anilines is 1. The van der Waals surface area contributed by atoms with Crippen LogP contribution in [0.5, 0.6) is 0 Å². The molecule has 2 heterocycles. The summed E-state index contributed by atoms with van der Waals surface area (Å²) in [6.07, 6.45) is 4.04. The molecule has 3 rings (SSSR count). The van der Waals surface area contributed by atoms with Crippen molar-refractivity contribution >= 4 is 46.0 Å². The van der Waals surface area contributed by atoms with Gasteiger partial charge in [0.25, 0.3) is 0 Å². The van der Waals surface area contributed by atoms with Crippen LogP contribution in [0.2, 0.25) is 5.02 Å². The maximum atomic E-state index is 12.0. The maximum Gasteiger partial charge on any atom is 0.201 e. The van der Waals surface area contributed by atoms with Gasteiger partial charge in [0, 0.05) is 37.8 Å². The Kier molecular flexibility index (Phi) is 6.75. The fourth-order valence-electron chi connectivity index (χ4n) is 3.42. The van der Waals surface area contributed by atoms with E-state index in [0.717, 1.165) is 62.0 Å². The van der Waals surface area contributed by atoms with Crippen LogP contribution in [0, 0.1) is 0 Å². The van der Waals surface area contributed by atoms with Gasteiger partial charge in [-0.1, -0.05) is 23.7 Å². The summed E-state index contributed by atoms with van der Waals surface area (Å²) in [7, 11) is 1.95. The molecule has 0 saturated carbocycles. The fourth-order valence-corrected chi connectivity index (χ4v) is 4.54. The van der Waals surface area contributed by atoms with E-state index < -0.39 is 0 Å². The number of nitrogens with zero attached hydrogens (tertiary/aromatic N) is 1. The number of carbonyl (C=O) groups is 2. The first-order valence-electron chi connectivity index (χ1n) is 8.95. The smallest absolute Gasteiger partial charge is 0.201 e. The van der Waals surface area contributed by atoms with Crippen molar-refractivity contribution in [3.8, 4) is 0 Å². The minimum Gasteiger partial charge on any atom is -0.368 e. The van der Waals surface area contributed by atoms with Gasteiger partial charge in [-0.25, -0.2) is 0 Å². The van der Waals surface area contributed by atoms with Crippen molar-refractivity contribution in [3.05, 3.63) is 33.7 Å². The lowest BCUT2D eigenvalue weighted by atomic mass is 10.0. The third-order valence-electron chi connectivity index (χ3n) is 4.65. The van der Waals surface area contributed by atoms with Gasteiger partial charge < -0.3 is 15.5 Å². The number of rotatable bonds is 6. The molecule has 1 atom stereocenters. The molecule has 2 saturated heterocycles. The predicted octanol–water partition coefficient (Wildman–Crippen LogP) is 2.69. The molecule has 7 heteroatoms. The molecule has 26 heavy (non-hydrogen) atoms. The number of hydrogen-bond acceptors (Lipinski definition) is 6. The minimum absolute atomic E-state index is 0.00638. The number of para-hydroxylation sites is 1. The Balaban J connectivity index is 1.82. The summed E-state index contributed by atoms with van der Waals surface area (Å²) in [6, 6.07) is 6.14. The molecule has 1 aromatic rings. The average Bonchev–Trinajstić information content (AvgIpc) is 2.93. The number of benzene rings is 1. The van der Waals surface area contributed by atoms with Crippen LogP contribution in [0.25, 0.3) is 6.08 Å². The number of carbonyl (C=O) groups excluding carboxylic acids is 2. The van der Waals surface area contributed by atoms with E-state index >= 15 is 0 Å². The van der Waals surface area contributed by atoms with Gasteiger partial charge in [0.05, 0.1) is 22.0 Å². The van der Waals surface area contributed by atoms with Gasteiger partial charge >= 0.3 is 0 Å². The molecule has 1 aromatic carbocycles. The van der Waals surface area contributed by atoms with Crippen molar-refractivity contribution in [1.82, 2.24) is 10.6 Å². The second-order valence-corrected chi connectivity index (χ2v) is 8.11. The van der Waals surface area contributed by atoms with Gasteiger partial charge in [-0.05, 0) is 43.8 Å². The Morgan fingerprint density at radius 3 is 2.92 bits per heavy atom. The number of hydrogen-bond donors (Lipinski definition) is 2. The van der Waals surface area contributed by atoms with Crippen LogP contribution < -0.4 is 15.5 Å². The van der Waals surface area contributed by atoms with Crippen molar-refractivity contribution in [2.75, 3.05) is 38.1 Å². The second kappa shape index (κ2) is 9.04. The molecule has 2 N–H and O–H groups in total. The standard InChI is InChI=1S/C19H24ClN3O2S/c1-21-7-8-22-14-5-3-9-23(12-14)19-13(4-2-6-15(19)20)10-17-16(24)11-18(25)26-17/h2,4,6,10,14,21-22H,3,5,7-9,11-12H2,1H3/b17-10-/t14-/m1/s1. The van der Waals surface area contributed by atoms with Gasteiger partial charge in [0.2, 0.25) is 5.12 Å². The third kappa shape index (κ3) is 4.68. The van der Waals surface area contributed by atoms with Crippen LogP contribution in [-0.2, 0) is 9.59 Å². The number of Topliss-reactive ketones (excluding diaryl/α,β-unsaturated/α-hetero) is 1. The predicted molar refractivity (Wildman–Crippen MR) is 109 cm³/mol. The van der Waals surface area contributed by atoms with Gasteiger partial charge in [-0.15, -0.1) is 0 Å². The lowest BCUT2D eigenvalue weighted by Crippen LogP contribution is -2.47. The Labute approximate surface area is 163 Å². The topological polar surface area (TPSA) is 61.4 Å². The quantitative estimate of drug-likeness (QED) is 0.440. The monoisotopic (exact) mass is 393 g/mol. The summed E-state index contributed by atoms with van der Waals surface area (Å²) < 4.78 is 0. The van der Waals surface area contributed by atoms with Gasteiger partial charge in [0.1, 0.15) is 0 Å². The Hall–Kier alpha value is -1.34. The minimum atomic E-state index is -0.101. The van der Waals surface area contributed by atoms with Gasteiger partial charge in [0.15, 0.2) is 5.78 Å². The van der Waals surface area contributed by atoms with E-state index in [-0.39, 0.29) is 17.3 Å². The maximum absolute atomic E-state index is 12.0. The van der Waals surface area contributed by atoms with E-state index in [9.17, 15) is 9.59 Å². The summed E-state index contributed by atoms with van der Waals surface area (Å²) in [5.74, 6) is -0.101. The number of nitrogens with one attached hydrogen (secondary N) is 2. The van der Waals surface area contributed by atoms with Crippen LogP contribution in [0.4, 0.5) is 5.69 Å². The number of allylic oxidation sites excluding steroid dienone is 1. The first kappa shape index (κ1) is 19.4. The highest BCUT2D eigenvalue weighted by molar-refractivity contribution is 8.18. The molecule has 0 radical (unpaired) electrons. The molecule has 140 valence electrons. The van der Waals surface area contributed by atoms with E-state index in [1.807, 2.05) is 31.3 Å². The highest BCUT2D eigenvalue weighted by Gasteiger charge is 2.27. The van der Waals surface area contributed by atoms with Crippen LogP contribution in [-0.4, -0.2) is 50.2 Å². The third-order valence-corrected chi connectivity index (χ3v) is 5.90. The molecule has 0 bridgehead atoms. The molecular weight excluding hydrogens is 370 g/mol. The molecular formula is C19H24ClN3O2S. The van der Waals surface area contributed by atoms with E-state index in [1.165, 1.54) is 0 Å². The highest BCUT2D eigenvalue weighted by Crippen LogP contribution is 2.37. The van der Waals surface area contributed by atoms with Crippen LogP contribution in [0.1, 0.15) is 24.8 Å². The number of thioether (sulfide) groups is 1. The molecule has 2 fully saturated rings. The first-order chi connectivity index (χ1) is 12.6. The summed E-state index contributed by atoms with van der Waals surface area (Å²) in [5.41, 5.74) is 1.86. The molecule has 0 amide bonds. The zero-order chi connectivity index (χ0) is 18.5. The highest BCUT2D eigenvalue weighted by atomic mass is 35.5. The van der Waals surface area contributed by atoms with Crippen molar-refractivity contribution in [3.63, 3.8) is 0 Å². The summed E-state index contributed by atoms with van der Waals surface area (Å²) in [5, 5.41) is 7.32. The summed E-state index contributed by atoms with van der Waals surface area (Å²) in [4.78, 5) is 26.3. The van der Waals surface area contributed by atoms with Crippen LogP contribution >= 0.6 is 23.4 Å². The lowest BCUT2D eigenvalue weighted by Gasteiger charge is -2.36. The van der Waals surface area contributed by atoms with E-state index in [1.54, 1.807) is 0 Å². The Morgan fingerprint density at radius 1 is 1.35 bits per heavy atom. The second-order valence-electron chi connectivity index (χ2n) is 6.60. The zero-order valence-corrected chi connectivity index (χ0v) is 16.5. The molecule has 0 unspecified atom stereocenters. The van der Waals surface area contributed by atoms with Gasteiger partial charge in [-0.2, -0.15) is 0 Å². The zero-order valence-electron chi connectivity index (χ0n) is 14.9. The Bertz CT molecular complexity index is 723.